The highest BCUT2D eigenvalue weighted by atomic mass is 35.5. The van der Waals surface area contributed by atoms with Crippen molar-refractivity contribution >= 4 is 46.8 Å². The molecule has 0 bridgehead atoms. The van der Waals surface area contributed by atoms with Crippen LogP contribution in [0.1, 0.15) is 11.3 Å². The molecule has 0 saturated carbocycles. The third kappa shape index (κ3) is 4.92. The molecule has 2 N–H and O–H groups in total. The third-order valence-corrected chi connectivity index (χ3v) is 4.49. The van der Waals surface area contributed by atoms with Gasteiger partial charge in [0.2, 0.25) is 0 Å². The average molecular weight is 433 g/mol. The standard InChI is InChI=1S/C19H14Cl2N4O4/c1-11-4-2-3-5-16(11)23-19(26)24-22-10-12-6-7-18(29-12)13-8-17(25(27)28)15(21)9-14(13)20/h2-10H,1H3,(H2,23,24,26). The van der Waals surface area contributed by atoms with Crippen molar-refractivity contribution in [1.29, 1.82) is 0 Å². The lowest BCUT2D eigenvalue weighted by molar-refractivity contribution is -0.384. The molecular weight excluding hydrogens is 419 g/mol. The molecule has 148 valence electrons. The molecule has 2 amide bonds. The molecule has 0 fully saturated rings. The summed E-state index contributed by atoms with van der Waals surface area (Å²) in [5.74, 6) is 0.602. The molecule has 10 heteroatoms. The topological polar surface area (TPSA) is 110 Å². The van der Waals surface area contributed by atoms with Gasteiger partial charge in [-0.2, -0.15) is 5.10 Å². The summed E-state index contributed by atoms with van der Waals surface area (Å²) < 4.78 is 5.57. The van der Waals surface area contributed by atoms with Crippen LogP contribution in [0.2, 0.25) is 10.0 Å². The number of furan rings is 1. The minimum absolute atomic E-state index is 0.0686. The van der Waals surface area contributed by atoms with Gasteiger partial charge >= 0.3 is 6.03 Å². The molecule has 0 atom stereocenters. The number of benzene rings is 2. The van der Waals surface area contributed by atoms with Crippen molar-refractivity contribution < 1.29 is 14.1 Å². The first-order valence-corrected chi connectivity index (χ1v) is 9.00. The Morgan fingerprint density at radius 2 is 1.93 bits per heavy atom. The number of hydrazone groups is 1. The average Bonchev–Trinajstić information content (AvgIpc) is 3.12. The number of nitro groups is 1. The molecule has 0 aliphatic heterocycles. The van der Waals surface area contributed by atoms with Gasteiger partial charge in [0.05, 0.1) is 16.2 Å². The minimum atomic E-state index is -0.607. The molecule has 0 aliphatic carbocycles. The van der Waals surface area contributed by atoms with Gasteiger partial charge in [-0.3, -0.25) is 10.1 Å². The zero-order chi connectivity index (χ0) is 21.0. The second kappa shape index (κ2) is 8.76. The quantitative estimate of drug-likeness (QED) is 0.309. The van der Waals surface area contributed by atoms with E-state index in [1.165, 1.54) is 18.3 Å². The number of anilines is 1. The minimum Gasteiger partial charge on any atom is -0.455 e. The molecule has 3 rings (SSSR count). The van der Waals surface area contributed by atoms with Crippen molar-refractivity contribution in [3.05, 3.63) is 80.0 Å². The Balaban J connectivity index is 1.69. The largest absolute Gasteiger partial charge is 0.455 e. The highest BCUT2D eigenvalue weighted by Gasteiger charge is 2.18. The van der Waals surface area contributed by atoms with Gasteiger partial charge in [0.25, 0.3) is 5.69 Å². The lowest BCUT2D eigenvalue weighted by Crippen LogP contribution is -2.24. The van der Waals surface area contributed by atoms with Crippen molar-refractivity contribution in [3.8, 4) is 11.3 Å². The van der Waals surface area contributed by atoms with Gasteiger partial charge in [-0.05, 0) is 36.8 Å². The van der Waals surface area contributed by atoms with E-state index >= 15 is 0 Å². The summed E-state index contributed by atoms with van der Waals surface area (Å²) >= 11 is 12.0. The zero-order valence-electron chi connectivity index (χ0n) is 15.0. The van der Waals surface area contributed by atoms with E-state index in [4.69, 9.17) is 27.6 Å². The summed E-state index contributed by atoms with van der Waals surface area (Å²) in [7, 11) is 0. The summed E-state index contributed by atoms with van der Waals surface area (Å²) in [6.07, 6.45) is 1.29. The van der Waals surface area contributed by atoms with E-state index in [-0.39, 0.29) is 15.7 Å². The number of amides is 2. The van der Waals surface area contributed by atoms with Gasteiger partial charge in [0.15, 0.2) is 0 Å². The van der Waals surface area contributed by atoms with Gasteiger partial charge < -0.3 is 9.73 Å². The molecular formula is C19H14Cl2N4O4. The molecule has 1 heterocycles. The maximum Gasteiger partial charge on any atom is 0.339 e. The monoisotopic (exact) mass is 432 g/mol. The van der Waals surface area contributed by atoms with Gasteiger partial charge in [0.1, 0.15) is 16.5 Å². The number of carbonyl (C=O) groups excluding carboxylic acids is 1. The molecule has 0 unspecified atom stereocenters. The second-order valence-electron chi connectivity index (χ2n) is 5.88. The molecule has 0 radical (unpaired) electrons. The van der Waals surface area contributed by atoms with Gasteiger partial charge in [-0.25, -0.2) is 10.2 Å². The number of halogens is 2. The first-order chi connectivity index (χ1) is 13.8. The highest BCUT2D eigenvalue weighted by Crippen LogP contribution is 2.37. The van der Waals surface area contributed by atoms with E-state index in [0.717, 1.165) is 5.56 Å². The fourth-order valence-corrected chi connectivity index (χ4v) is 3.00. The summed E-state index contributed by atoms with van der Waals surface area (Å²) in [5.41, 5.74) is 3.93. The SMILES string of the molecule is Cc1ccccc1NC(=O)NN=Cc1ccc(-c2cc([N+](=O)[O-])c(Cl)cc2Cl)o1. The number of urea groups is 1. The van der Waals surface area contributed by atoms with E-state index in [0.29, 0.717) is 22.8 Å². The number of nitrogens with one attached hydrogen (secondary N) is 2. The van der Waals surface area contributed by atoms with Gasteiger partial charge in [-0.15, -0.1) is 0 Å². The summed E-state index contributed by atoms with van der Waals surface area (Å²) in [6.45, 7) is 1.87. The van der Waals surface area contributed by atoms with Crippen LogP contribution in [0.3, 0.4) is 0 Å². The Morgan fingerprint density at radius 3 is 2.66 bits per heavy atom. The van der Waals surface area contributed by atoms with Crippen molar-refractivity contribution in [3.63, 3.8) is 0 Å². The van der Waals surface area contributed by atoms with Crippen LogP contribution in [0.4, 0.5) is 16.2 Å². The molecule has 0 spiro atoms. The van der Waals surface area contributed by atoms with Crippen LogP contribution in [-0.2, 0) is 0 Å². The maximum atomic E-state index is 11.9. The molecule has 2 aromatic carbocycles. The Hall–Kier alpha value is -3.36. The molecule has 0 aliphatic rings. The fraction of sp³-hybridized carbons (Fsp3) is 0.0526. The number of aryl methyl sites for hydroxylation is 1. The van der Waals surface area contributed by atoms with Crippen molar-refractivity contribution in [2.45, 2.75) is 6.92 Å². The van der Waals surface area contributed by atoms with Crippen LogP contribution in [0.15, 0.2) is 58.0 Å². The predicted molar refractivity (Wildman–Crippen MR) is 112 cm³/mol. The second-order valence-corrected chi connectivity index (χ2v) is 6.70. The lowest BCUT2D eigenvalue weighted by atomic mass is 10.1. The van der Waals surface area contributed by atoms with Crippen LogP contribution < -0.4 is 10.7 Å². The van der Waals surface area contributed by atoms with Crippen molar-refractivity contribution in [1.82, 2.24) is 5.43 Å². The molecule has 1 aromatic heterocycles. The van der Waals surface area contributed by atoms with E-state index in [2.05, 4.69) is 15.8 Å². The van der Waals surface area contributed by atoms with Crippen LogP contribution in [0, 0.1) is 17.0 Å². The summed E-state index contributed by atoms with van der Waals surface area (Å²) in [4.78, 5) is 22.4. The predicted octanol–water partition coefficient (Wildman–Crippen LogP) is 5.63. The molecule has 0 saturated heterocycles. The normalized spacial score (nSPS) is 10.9. The number of rotatable bonds is 5. The number of carbonyl (C=O) groups is 1. The first kappa shape index (κ1) is 20.4. The number of nitro benzene ring substituents is 1. The Labute approximate surface area is 175 Å². The summed E-state index contributed by atoms with van der Waals surface area (Å²) in [5, 5.41) is 17.7. The molecule has 29 heavy (non-hydrogen) atoms. The maximum absolute atomic E-state index is 11.9. The smallest absolute Gasteiger partial charge is 0.339 e. The van der Waals surface area contributed by atoms with Gasteiger partial charge in [-0.1, -0.05) is 41.4 Å². The van der Waals surface area contributed by atoms with Crippen molar-refractivity contribution in [2.24, 2.45) is 5.10 Å². The van der Waals surface area contributed by atoms with E-state index in [9.17, 15) is 14.9 Å². The summed E-state index contributed by atoms with van der Waals surface area (Å²) in [6, 6.07) is 12.5. The number of hydrogen-bond donors (Lipinski definition) is 2. The fourth-order valence-electron chi connectivity index (χ4n) is 2.45. The number of hydrogen-bond acceptors (Lipinski definition) is 5. The van der Waals surface area contributed by atoms with Crippen LogP contribution in [0.5, 0.6) is 0 Å². The van der Waals surface area contributed by atoms with E-state index in [1.54, 1.807) is 18.2 Å². The Morgan fingerprint density at radius 1 is 1.17 bits per heavy atom. The van der Waals surface area contributed by atoms with Crippen LogP contribution in [0.25, 0.3) is 11.3 Å². The van der Waals surface area contributed by atoms with Gasteiger partial charge in [0, 0.05) is 17.3 Å². The van der Waals surface area contributed by atoms with E-state index in [1.807, 2.05) is 25.1 Å². The molecule has 3 aromatic rings. The van der Waals surface area contributed by atoms with Crippen molar-refractivity contribution in [2.75, 3.05) is 5.32 Å². The van der Waals surface area contributed by atoms with Crippen LogP contribution >= 0.6 is 23.2 Å². The molecule has 8 nitrogen and oxygen atoms in total. The zero-order valence-corrected chi connectivity index (χ0v) is 16.5. The Kier molecular flexibility index (Phi) is 6.16. The first-order valence-electron chi connectivity index (χ1n) is 8.24. The van der Waals surface area contributed by atoms with E-state index < -0.39 is 11.0 Å². The number of para-hydroxylation sites is 1. The lowest BCUT2D eigenvalue weighted by Gasteiger charge is -2.06. The van der Waals surface area contributed by atoms with Crippen LogP contribution in [-0.4, -0.2) is 17.2 Å². The number of nitrogens with zero attached hydrogens (tertiary/aromatic N) is 2. The third-order valence-electron chi connectivity index (χ3n) is 3.88. The Bertz CT molecular complexity index is 1110. The highest BCUT2D eigenvalue weighted by molar-refractivity contribution is 6.37.